The van der Waals surface area contributed by atoms with Crippen LogP contribution in [0.3, 0.4) is 0 Å². The second-order valence-corrected chi connectivity index (χ2v) is 9.20. The summed E-state index contributed by atoms with van der Waals surface area (Å²) in [4.78, 5) is 54.3. The molecule has 2 atom stereocenters. The molecule has 0 spiro atoms. The fraction of sp³-hybridized carbons (Fsp3) is 0.333. The molecule has 8 heteroatoms. The third-order valence-corrected chi connectivity index (χ3v) is 6.88. The van der Waals surface area contributed by atoms with Gasteiger partial charge in [0.2, 0.25) is 11.8 Å². The van der Waals surface area contributed by atoms with Gasteiger partial charge in [-0.1, -0.05) is 17.7 Å². The summed E-state index contributed by atoms with van der Waals surface area (Å²) in [5.74, 6) is -1.40. The number of morpholine rings is 1. The van der Waals surface area contributed by atoms with Gasteiger partial charge in [-0.05, 0) is 62.2 Å². The molecule has 0 radical (unpaired) electrons. The van der Waals surface area contributed by atoms with Crippen LogP contribution in [0.25, 0.3) is 0 Å². The maximum atomic E-state index is 12.9. The summed E-state index contributed by atoms with van der Waals surface area (Å²) in [6.45, 7) is 4.11. The lowest BCUT2D eigenvalue weighted by atomic mass is 9.82. The number of carbonyl (C=O) groups is 4. The zero-order valence-electron chi connectivity index (χ0n) is 19.5. The Balaban J connectivity index is 1.27. The Morgan fingerprint density at radius 2 is 1.66 bits per heavy atom. The Labute approximate surface area is 203 Å². The lowest BCUT2D eigenvalue weighted by Gasteiger charge is -2.27. The fourth-order valence-electron chi connectivity index (χ4n) is 4.94. The van der Waals surface area contributed by atoms with E-state index in [0.717, 1.165) is 5.57 Å². The lowest BCUT2D eigenvalue weighted by Crippen LogP contribution is -2.40. The van der Waals surface area contributed by atoms with E-state index < -0.39 is 0 Å². The van der Waals surface area contributed by atoms with Gasteiger partial charge >= 0.3 is 0 Å². The zero-order chi connectivity index (χ0) is 24.5. The molecule has 0 bridgehead atoms. The van der Waals surface area contributed by atoms with Gasteiger partial charge in [0.25, 0.3) is 11.8 Å². The Bertz CT molecular complexity index is 1210. The van der Waals surface area contributed by atoms with Gasteiger partial charge in [-0.2, -0.15) is 0 Å². The maximum absolute atomic E-state index is 12.9. The first-order chi connectivity index (χ1) is 16.9. The molecular weight excluding hydrogens is 446 g/mol. The van der Waals surface area contributed by atoms with E-state index in [2.05, 4.69) is 5.32 Å². The van der Waals surface area contributed by atoms with Crippen molar-refractivity contribution in [2.75, 3.05) is 36.5 Å². The van der Waals surface area contributed by atoms with Crippen LogP contribution in [0, 0.1) is 11.8 Å². The van der Waals surface area contributed by atoms with Gasteiger partial charge in [0, 0.05) is 29.9 Å². The maximum Gasteiger partial charge on any atom is 0.255 e. The number of hydrogen-bond acceptors (Lipinski definition) is 5. The van der Waals surface area contributed by atoms with Crippen LogP contribution in [0.1, 0.15) is 40.5 Å². The van der Waals surface area contributed by atoms with Crippen molar-refractivity contribution in [3.8, 4) is 0 Å². The van der Waals surface area contributed by atoms with E-state index in [0.29, 0.717) is 61.6 Å². The van der Waals surface area contributed by atoms with Gasteiger partial charge in [0.05, 0.1) is 30.7 Å². The van der Waals surface area contributed by atoms with Crippen LogP contribution in [0.4, 0.5) is 11.4 Å². The Hall–Kier alpha value is -3.78. The highest BCUT2D eigenvalue weighted by molar-refractivity contribution is 6.22. The highest BCUT2D eigenvalue weighted by Gasteiger charge is 2.48. The number of allylic oxidation sites excluding steroid dienone is 2. The number of carbonyl (C=O) groups excluding carboxylic acids is 4. The van der Waals surface area contributed by atoms with Gasteiger partial charge < -0.3 is 15.0 Å². The number of ether oxygens (including phenoxy) is 1. The fourth-order valence-corrected chi connectivity index (χ4v) is 4.94. The van der Waals surface area contributed by atoms with Crippen LogP contribution in [0.15, 0.2) is 60.2 Å². The predicted molar refractivity (Wildman–Crippen MR) is 130 cm³/mol. The largest absolute Gasteiger partial charge is 0.378 e. The summed E-state index contributed by atoms with van der Waals surface area (Å²) in [5, 5.41) is 2.82. The van der Waals surface area contributed by atoms with Gasteiger partial charge in [-0.15, -0.1) is 0 Å². The van der Waals surface area contributed by atoms with E-state index >= 15 is 0 Å². The highest BCUT2D eigenvalue weighted by Crippen LogP contribution is 2.39. The molecule has 1 N–H and O–H groups in total. The minimum Gasteiger partial charge on any atom is -0.378 e. The quantitative estimate of drug-likeness (QED) is 0.543. The third-order valence-electron chi connectivity index (χ3n) is 6.88. The van der Waals surface area contributed by atoms with Crippen molar-refractivity contribution in [3.63, 3.8) is 0 Å². The molecule has 5 rings (SSSR count). The van der Waals surface area contributed by atoms with E-state index in [1.165, 1.54) is 4.90 Å². The van der Waals surface area contributed by atoms with Crippen molar-refractivity contribution in [3.05, 3.63) is 71.3 Å². The number of benzene rings is 2. The summed E-state index contributed by atoms with van der Waals surface area (Å²) < 4.78 is 5.30. The molecular formula is C27H27N3O5. The van der Waals surface area contributed by atoms with E-state index in [1.54, 1.807) is 53.4 Å². The zero-order valence-corrected chi connectivity index (χ0v) is 19.5. The number of nitrogens with one attached hydrogen (secondary N) is 1. The van der Waals surface area contributed by atoms with E-state index in [-0.39, 0.29) is 35.5 Å². The van der Waals surface area contributed by atoms with Crippen LogP contribution < -0.4 is 10.2 Å². The molecule has 2 aliphatic heterocycles. The van der Waals surface area contributed by atoms with E-state index in [4.69, 9.17) is 4.74 Å². The lowest BCUT2D eigenvalue weighted by molar-refractivity contribution is -0.122. The molecule has 3 aliphatic rings. The van der Waals surface area contributed by atoms with Crippen molar-refractivity contribution >= 4 is 35.0 Å². The van der Waals surface area contributed by atoms with Crippen LogP contribution in [0.2, 0.25) is 0 Å². The van der Waals surface area contributed by atoms with Crippen molar-refractivity contribution < 1.29 is 23.9 Å². The summed E-state index contributed by atoms with van der Waals surface area (Å²) in [5.41, 5.74) is 3.00. The molecule has 2 heterocycles. The van der Waals surface area contributed by atoms with Crippen molar-refractivity contribution in [1.29, 1.82) is 0 Å². The van der Waals surface area contributed by atoms with Crippen LogP contribution in [-0.4, -0.2) is 54.8 Å². The summed E-state index contributed by atoms with van der Waals surface area (Å²) in [6.07, 6.45) is 3.23. The summed E-state index contributed by atoms with van der Waals surface area (Å²) >= 11 is 0. The van der Waals surface area contributed by atoms with Crippen molar-refractivity contribution in [2.24, 2.45) is 11.8 Å². The van der Waals surface area contributed by atoms with E-state index in [9.17, 15) is 19.2 Å². The first-order valence-electron chi connectivity index (χ1n) is 11.8. The third kappa shape index (κ3) is 4.49. The second kappa shape index (κ2) is 9.46. The van der Waals surface area contributed by atoms with Crippen LogP contribution in [-0.2, 0) is 14.3 Å². The Morgan fingerprint density at radius 3 is 2.40 bits per heavy atom. The number of fused-ring (bicyclic) bond motifs is 1. The number of amides is 4. The molecule has 35 heavy (non-hydrogen) atoms. The number of imide groups is 1. The number of hydrogen-bond donors (Lipinski definition) is 1. The molecule has 2 aromatic carbocycles. The first kappa shape index (κ1) is 23.0. The van der Waals surface area contributed by atoms with Gasteiger partial charge in [-0.3, -0.25) is 24.1 Å². The predicted octanol–water partition coefficient (Wildman–Crippen LogP) is 3.26. The molecule has 0 saturated carbocycles. The molecule has 8 nitrogen and oxygen atoms in total. The summed E-state index contributed by atoms with van der Waals surface area (Å²) in [6, 6.07) is 13.3. The second-order valence-electron chi connectivity index (χ2n) is 9.20. The molecule has 0 unspecified atom stereocenters. The topological polar surface area (TPSA) is 96.0 Å². The average Bonchev–Trinajstić information content (AvgIpc) is 3.13. The Morgan fingerprint density at radius 1 is 0.943 bits per heavy atom. The molecule has 2 saturated heterocycles. The molecule has 180 valence electrons. The Kier molecular flexibility index (Phi) is 6.21. The van der Waals surface area contributed by atoms with Gasteiger partial charge in [-0.25, -0.2) is 0 Å². The van der Waals surface area contributed by atoms with Crippen molar-refractivity contribution in [2.45, 2.75) is 19.8 Å². The standard InChI is InChI=1S/C27H27N3O5/c1-17-5-10-22-23(15-17)27(34)30(26(22)33)21-8-6-18(7-9-21)24(31)28-20-4-2-3-19(16-20)25(32)29-11-13-35-14-12-29/h2-9,16,22-23H,10-15H2,1H3,(H,28,31)/t22-,23-/m0/s1. The summed E-state index contributed by atoms with van der Waals surface area (Å²) in [7, 11) is 0. The van der Waals surface area contributed by atoms with Crippen LogP contribution >= 0.6 is 0 Å². The number of nitrogens with zero attached hydrogens (tertiary/aromatic N) is 2. The van der Waals surface area contributed by atoms with Gasteiger partial charge in [0.15, 0.2) is 0 Å². The van der Waals surface area contributed by atoms with Crippen molar-refractivity contribution in [1.82, 2.24) is 4.90 Å². The smallest absolute Gasteiger partial charge is 0.255 e. The molecule has 1 aliphatic carbocycles. The first-order valence-corrected chi connectivity index (χ1v) is 11.8. The SMILES string of the molecule is CC1=CC[C@@H]2C(=O)N(c3ccc(C(=O)Nc4cccc(C(=O)N5CCOCC5)c4)cc3)C(=O)[C@H]2C1. The average molecular weight is 474 g/mol. The monoisotopic (exact) mass is 473 g/mol. The molecule has 0 aromatic heterocycles. The number of rotatable bonds is 4. The highest BCUT2D eigenvalue weighted by atomic mass is 16.5. The molecule has 4 amide bonds. The van der Waals surface area contributed by atoms with Gasteiger partial charge in [0.1, 0.15) is 0 Å². The van der Waals surface area contributed by atoms with Crippen LogP contribution in [0.5, 0.6) is 0 Å². The minimum absolute atomic E-state index is 0.0975. The normalized spacial score (nSPS) is 22.0. The minimum atomic E-state index is -0.347. The molecule has 2 fully saturated rings. The van der Waals surface area contributed by atoms with E-state index in [1.807, 2.05) is 13.0 Å². The number of anilines is 2. The molecule has 2 aromatic rings.